The first-order valence-electron chi connectivity index (χ1n) is 11.7. The van der Waals surface area contributed by atoms with E-state index in [9.17, 15) is 10.1 Å². The molecule has 1 N–H and O–H groups in total. The maximum Gasteiger partial charge on any atom is 0.270 e. The Morgan fingerprint density at radius 2 is 1.85 bits per heavy atom. The van der Waals surface area contributed by atoms with Crippen LogP contribution >= 0.6 is 0 Å². The molecule has 2 aromatic heterocycles. The summed E-state index contributed by atoms with van der Waals surface area (Å²) < 4.78 is 1.72. The molecule has 1 aliphatic heterocycles. The van der Waals surface area contributed by atoms with Crippen molar-refractivity contribution in [3.8, 4) is 6.07 Å². The molecule has 170 valence electrons. The molecule has 1 saturated heterocycles. The summed E-state index contributed by atoms with van der Waals surface area (Å²) in [5, 5.41) is 13.4. The quantitative estimate of drug-likeness (QED) is 0.647. The van der Waals surface area contributed by atoms with E-state index >= 15 is 0 Å². The molecule has 3 heterocycles. The van der Waals surface area contributed by atoms with Gasteiger partial charge in [0.15, 0.2) is 0 Å². The molecule has 0 radical (unpaired) electrons. The number of aromatic nitrogens is 3. The lowest BCUT2D eigenvalue weighted by Gasteiger charge is -2.32. The second kappa shape index (κ2) is 9.30. The van der Waals surface area contributed by atoms with Crippen molar-refractivity contribution in [2.45, 2.75) is 38.3 Å². The van der Waals surface area contributed by atoms with E-state index in [-0.39, 0.29) is 17.2 Å². The van der Waals surface area contributed by atoms with Crippen molar-refractivity contribution in [1.29, 1.82) is 5.26 Å². The molecule has 3 aromatic rings. The molecule has 1 saturated carbocycles. The summed E-state index contributed by atoms with van der Waals surface area (Å²) in [7, 11) is 2.17. The van der Waals surface area contributed by atoms with Crippen LogP contribution in [0.3, 0.4) is 0 Å². The molecule has 33 heavy (non-hydrogen) atoms. The van der Waals surface area contributed by atoms with Crippen LogP contribution in [0, 0.1) is 11.3 Å². The summed E-state index contributed by atoms with van der Waals surface area (Å²) in [6, 6.07) is 12.1. The predicted octanol–water partition coefficient (Wildman–Crippen LogP) is 3.27. The van der Waals surface area contributed by atoms with Crippen molar-refractivity contribution in [3.05, 3.63) is 58.0 Å². The zero-order valence-corrected chi connectivity index (χ0v) is 19.0. The van der Waals surface area contributed by atoms with E-state index in [0.29, 0.717) is 17.0 Å². The van der Waals surface area contributed by atoms with Crippen LogP contribution in [0.4, 0.5) is 11.6 Å². The number of anilines is 2. The second-order valence-electron chi connectivity index (χ2n) is 9.16. The van der Waals surface area contributed by atoms with Gasteiger partial charge in [-0.1, -0.05) is 25.0 Å². The molecule has 1 aliphatic carbocycles. The highest BCUT2D eigenvalue weighted by Crippen LogP contribution is 2.31. The molecule has 1 aromatic carbocycles. The molecule has 0 atom stereocenters. The average molecular weight is 444 g/mol. The smallest absolute Gasteiger partial charge is 0.270 e. The van der Waals surface area contributed by atoms with E-state index in [4.69, 9.17) is 4.98 Å². The maximum absolute atomic E-state index is 12.9. The summed E-state index contributed by atoms with van der Waals surface area (Å²) in [6.07, 6.45) is 5.74. The van der Waals surface area contributed by atoms with Gasteiger partial charge in [0.2, 0.25) is 5.95 Å². The molecular weight excluding hydrogens is 414 g/mol. The molecule has 0 unspecified atom stereocenters. The van der Waals surface area contributed by atoms with E-state index < -0.39 is 0 Å². The van der Waals surface area contributed by atoms with Crippen LogP contribution in [0.25, 0.3) is 11.0 Å². The van der Waals surface area contributed by atoms with Crippen molar-refractivity contribution >= 4 is 22.7 Å². The lowest BCUT2D eigenvalue weighted by Crippen LogP contribution is -2.43. The predicted molar refractivity (Wildman–Crippen MR) is 129 cm³/mol. The molecule has 0 spiro atoms. The largest absolute Gasteiger partial charge is 0.324 e. The first-order valence-corrected chi connectivity index (χ1v) is 11.7. The van der Waals surface area contributed by atoms with Crippen LogP contribution in [0.2, 0.25) is 0 Å². The Labute approximate surface area is 193 Å². The first-order chi connectivity index (χ1) is 16.1. The van der Waals surface area contributed by atoms with Crippen molar-refractivity contribution in [3.63, 3.8) is 0 Å². The van der Waals surface area contributed by atoms with E-state index in [1.165, 1.54) is 5.56 Å². The van der Waals surface area contributed by atoms with E-state index in [1.54, 1.807) is 16.8 Å². The zero-order chi connectivity index (χ0) is 22.8. The van der Waals surface area contributed by atoms with Gasteiger partial charge in [0.1, 0.15) is 17.3 Å². The van der Waals surface area contributed by atoms with Gasteiger partial charge in [0, 0.05) is 56.0 Å². The monoisotopic (exact) mass is 443 g/mol. The number of nitriles is 1. The van der Waals surface area contributed by atoms with Gasteiger partial charge in [-0.25, -0.2) is 4.98 Å². The van der Waals surface area contributed by atoms with E-state index in [1.807, 2.05) is 18.2 Å². The molecular formula is C25H29N7O. The SMILES string of the molecule is CN1CCN(Cc2ccc(Nc3ncc4cc(C#N)c(=O)n(C5CCCC5)c4n3)cc2)CC1. The minimum Gasteiger partial charge on any atom is -0.324 e. The lowest BCUT2D eigenvalue weighted by atomic mass is 10.1. The number of likely N-dealkylation sites (N-methyl/N-ethyl adjacent to an activating group) is 1. The van der Waals surface area contributed by atoms with Gasteiger partial charge in [0.25, 0.3) is 5.56 Å². The Balaban J connectivity index is 1.37. The Kier molecular flexibility index (Phi) is 6.07. The number of hydrogen-bond donors (Lipinski definition) is 1. The molecule has 0 bridgehead atoms. The number of rotatable bonds is 5. The Morgan fingerprint density at radius 3 is 2.55 bits per heavy atom. The highest BCUT2D eigenvalue weighted by Gasteiger charge is 2.22. The number of pyridine rings is 1. The third kappa shape index (κ3) is 4.61. The van der Waals surface area contributed by atoms with Gasteiger partial charge in [-0.3, -0.25) is 14.3 Å². The lowest BCUT2D eigenvalue weighted by molar-refractivity contribution is 0.148. The van der Waals surface area contributed by atoms with Crippen molar-refractivity contribution in [1.82, 2.24) is 24.3 Å². The zero-order valence-electron chi connectivity index (χ0n) is 19.0. The van der Waals surface area contributed by atoms with Gasteiger partial charge in [-0.05, 0) is 43.7 Å². The normalized spacial score (nSPS) is 17.9. The number of nitrogens with one attached hydrogen (secondary N) is 1. The van der Waals surface area contributed by atoms with E-state index in [2.05, 4.69) is 39.3 Å². The molecule has 8 heteroatoms. The second-order valence-corrected chi connectivity index (χ2v) is 9.16. The highest BCUT2D eigenvalue weighted by molar-refractivity contribution is 5.77. The topological polar surface area (TPSA) is 90.1 Å². The highest BCUT2D eigenvalue weighted by atomic mass is 16.1. The molecule has 2 fully saturated rings. The van der Waals surface area contributed by atoms with Gasteiger partial charge < -0.3 is 10.2 Å². The van der Waals surface area contributed by atoms with Gasteiger partial charge in [-0.2, -0.15) is 10.2 Å². The Bertz CT molecular complexity index is 1230. The van der Waals surface area contributed by atoms with Crippen LogP contribution in [0.15, 0.2) is 41.3 Å². The van der Waals surface area contributed by atoms with Crippen LogP contribution in [0.1, 0.15) is 42.9 Å². The minimum absolute atomic E-state index is 0.0879. The number of fused-ring (bicyclic) bond motifs is 1. The number of nitrogens with zero attached hydrogens (tertiary/aromatic N) is 6. The summed E-state index contributed by atoms with van der Waals surface area (Å²) in [4.78, 5) is 26.9. The van der Waals surface area contributed by atoms with Crippen molar-refractivity contribution in [2.24, 2.45) is 0 Å². The first kappa shape index (κ1) is 21.6. The third-order valence-electron chi connectivity index (χ3n) is 6.80. The van der Waals surface area contributed by atoms with E-state index in [0.717, 1.165) is 64.1 Å². The van der Waals surface area contributed by atoms with Crippen molar-refractivity contribution in [2.75, 3.05) is 38.5 Å². The molecule has 2 aliphatic rings. The van der Waals surface area contributed by atoms with Gasteiger partial charge in [-0.15, -0.1) is 0 Å². The maximum atomic E-state index is 12.9. The van der Waals surface area contributed by atoms with Crippen LogP contribution in [-0.2, 0) is 6.54 Å². The number of benzene rings is 1. The van der Waals surface area contributed by atoms with Crippen LogP contribution in [0.5, 0.6) is 0 Å². The van der Waals surface area contributed by atoms with Crippen LogP contribution < -0.4 is 10.9 Å². The van der Waals surface area contributed by atoms with Crippen LogP contribution in [-0.4, -0.2) is 57.6 Å². The average Bonchev–Trinajstić information content (AvgIpc) is 3.36. The number of piperazine rings is 1. The fourth-order valence-corrected chi connectivity index (χ4v) is 4.85. The summed E-state index contributed by atoms with van der Waals surface area (Å²) in [5.41, 5.74) is 2.67. The molecule has 8 nitrogen and oxygen atoms in total. The Hall–Kier alpha value is -3.28. The fraction of sp³-hybridized carbons (Fsp3) is 0.440. The minimum atomic E-state index is -0.255. The number of hydrogen-bond acceptors (Lipinski definition) is 7. The summed E-state index contributed by atoms with van der Waals surface area (Å²) in [5.74, 6) is 0.449. The Morgan fingerprint density at radius 1 is 1.12 bits per heavy atom. The summed E-state index contributed by atoms with van der Waals surface area (Å²) >= 11 is 0. The van der Waals surface area contributed by atoms with Crippen molar-refractivity contribution < 1.29 is 0 Å². The van der Waals surface area contributed by atoms with Gasteiger partial charge in [0.05, 0.1) is 0 Å². The summed E-state index contributed by atoms with van der Waals surface area (Å²) in [6.45, 7) is 5.37. The standard InChI is InChI=1S/C25H29N7O/c1-30-10-12-31(13-11-30)17-18-6-8-21(9-7-18)28-25-27-16-20-14-19(15-26)24(33)32(23(20)29-25)22-4-2-3-5-22/h6-9,14,16,22H,2-5,10-13,17H2,1H3,(H,27,28,29). The molecule has 0 amide bonds. The fourth-order valence-electron chi connectivity index (χ4n) is 4.85. The van der Waals surface area contributed by atoms with Gasteiger partial charge >= 0.3 is 0 Å². The third-order valence-corrected chi connectivity index (χ3v) is 6.80. The molecule has 5 rings (SSSR count).